The van der Waals surface area contributed by atoms with E-state index in [4.69, 9.17) is 36.1 Å². The van der Waals surface area contributed by atoms with Crippen molar-refractivity contribution in [3.63, 3.8) is 0 Å². The first-order chi connectivity index (χ1) is 14.6. The average Bonchev–Trinajstić information content (AvgIpc) is 2.67. The van der Waals surface area contributed by atoms with Crippen molar-refractivity contribution < 1.29 is 33.3 Å². The molecular formula is C19H22ClN3O7S. The molecule has 1 aromatic carbocycles. The summed E-state index contributed by atoms with van der Waals surface area (Å²) in [6, 6.07) is 4.22. The van der Waals surface area contributed by atoms with Crippen molar-refractivity contribution in [1.82, 2.24) is 0 Å². The summed E-state index contributed by atoms with van der Waals surface area (Å²) < 4.78 is 21.8. The summed E-state index contributed by atoms with van der Waals surface area (Å²) in [6.07, 6.45) is -3.19. The highest BCUT2D eigenvalue weighted by Gasteiger charge is 2.50. The van der Waals surface area contributed by atoms with E-state index in [0.717, 1.165) is 5.56 Å². The Balaban J connectivity index is 2.44. The molecule has 1 heterocycles. The van der Waals surface area contributed by atoms with E-state index < -0.39 is 47.7 Å². The average molecular weight is 472 g/mol. The minimum atomic E-state index is -1.14. The monoisotopic (exact) mass is 471 g/mol. The number of benzene rings is 1. The molecule has 2 rings (SSSR count). The number of aryl methyl sites for hydroxylation is 1. The van der Waals surface area contributed by atoms with Gasteiger partial charge < -0.3 is 18.9 Å². The van der Waals surface area contributed by atoms with Gasteiger partial charge in [-0.3, -0.25) is 14.4 Å². The summed E-state index contributed by atoms with van der Waals surface area (Å²) in [4.78, 5) is 38.3. The number of esters is 3. The number of carbonyl (C=O) groups is 3. The molecule has 0 bridgehead atoms. The van der Waals surface area contributed by atoms with Crippen molar-refractivity contribution in [2.45, 2.75) is 62.4 Å². The number of hydrogen-bond donors (Lipinski definition) is 0. The minimum absolute atomic E-state index is 0.261. The molecule has 0 spiro atoms. The van der Waals surface area contributed by atoms with Gasteiger partial charge in [-0.25, -0.2) is 0 Å². The van der Waals surface area contributed by atoms with Crippen molar-refractivity contribution in [2.24, 2.45) is 5.11 Å². The van der Waals surface area contributed by atoms with E-state index in [9.17, 15) is 14.4 Å². The van der Waals surface area contributed by atoms with Gasteiger partial charge in [0.25, 0.3) is 0 Å². The standard InChI is InChI=1S/C19H22ClN3O7S/c1-9-5-6-13(7-14(9)20)31-19-18(29-12(4)26)16(22-23-21)17(28-11(3)25)15(30-19)8-27-10(2)24/h5-7,15-19H,8H2,1-4H3/t15?,16?,17-,18?,19+/m0/s1. The van der Waals surface area contributed by atoms with Crippen molar-refractivity contribution in [2.75, 3.05) is 6.61 Å². The highest BCUT2D eigenvalue weighted by Crippen LogP contribution is 2.38. The lowest BCUT2D eigenvalue weighted by Crippen LogP contribution is -2.59. The van der Waals surface area contributed by atoms with Crippen LogP contribution in [0.3, 0.4) is 0 Å². The van der Waals surface area contributed by atoms with E-state index in [1.807, 2.05) is 19.1 Å². The van der Waals surface area contributed by atoms with Crippen LogP contribution in [0.2, 0.25) is 5.02 Å². The van der Waals surface area contributed by atoms with Crippen molar-refractivity contribution in [3.8, 4) is 0 Å². The van der Waals surface area contributed by atoms with E-state index in [2.05, 4.69) is 10.0 Å². The van der Waals surface area contributed by atoms with Crippen LogP contribution in [0.4, 0.5) is 0 Å². The molecule has 1 aliphatic rings. The van der Waals surface area contributed by atoms with Crippen LogP contribution in [-0.4, -0.2) is 54.3 Å². The Hall–Kier alpha value is -2.46. The molecular weight excluding hydrogens is 450 g/mol. The molecule has 168 valence electrons. The molecule has 1 aromatic rings. The van der Waals surface area contributed by atoms with Crippen LogP contribution in [0.15, 0.2) is 28.2 Å². The highest BCUT2D eigenvalue weighted by atomic mass is 35.5. The Morgan fingerprint density at radius 2 is 1.81 bits per heavy atom. The fraction of sp³-hybridized carbons (Fsp3) is 0.526. The number of hydrogen-bond acceptors (Lipinski definition) is 9. The second-order valence-corrected chi connectivity index (χ2v) is 8.30. The first-order valence-corrected chi connectivity index (χ1v) is 10.5. The van der Waals surface area contributed by atoms with Crippen LogP contribution in [0.25, 0.3) is 10.4 Å². The maximum Gasteiger partial charge on any atom is 0.303 e. The molecule has 0 aromatic heterocycles. The molecule has 0 N–H and O–H groups in total. The van der Waals surface area contributed by atoms with Gasteiger partial charge in [0.1, 0.15) is 36.4 Å². The lowest BCUT2D eigenvalue weighted by Gasteiger charge is -2.43. The number of halogens is 1. The predicted molar refractivity (Wildman–Crippen MR) is 111 cm³/mol. The lowest BCUT2D eigenvalue weighted by atomic mass is 9.97. The predicted octanol–water partition coefficient (Wildman–Crippen LogP) is 3.57. The molecule has 5 atom stereocenters. The molecule has 3 unspecified atom stereocenters. The Bertz CT molecular complexity index is 893. The number of carbonyl (C=O) groups excluding carboxylic acids is 3. The van der Waals surface area contributed by atoms with E-state index in [1.54, 1.807) is 6.07 Å². The van der Waals surface area contributed by atoms with Gasteiger partial charge in [-0.2, -0.15) is 0 Å². The van der Waals surface area contributed by atoms with Gasteiger partial charge >= 0.3 is 17.9 Å². The third kappa shape index (κ3) is 7.03. The molecule has 12 heteroatoms. The lowest BCUT2D eigenvalue weighted by molar-refractivity contribution is -0.201. The summed E-state index contributed by atoms with van der Waals surface area (Å²) in [7, 11) is 0. The van der Waals surface area contributed by atoms with Crippen LogP contribution < -0.4 is 0 Å². The quantitative estimate of drug-likeness (QED) is 0.193. The van der Waals surface area contributed by atoms with Gasteiger partial charge in [-0.05, 0) is 30.2 Å². The zero-order valence-electron chi connectivity index (χ0n) is 17.3. The second-order valence-electron chi connectivity index (χ2n) is 6.72. The van der Waals surface area contributed by atoms with E-state index in [1.165, 1.54) is 32.5 Å². The molecule has 10 nitrogen and oxygen atoms in total. The second kappa shape index (κ2) is 11.2. The Morgan fingerprint density at radius 3 is 2.35 bits per heavy atom. The first kappa shape index (κ1) is 24.8. The normalized spacial score (nSPS) is 25.1. The summed E-state index contributed by atoms with van der Waals surface area (Å²) in [5.41, 5.74) is 9.10. The van der Waals surface area contributed by atoms with Crippen molar-refractivity contribution >= 4 is 41.3 Å². The number of azide groups is 1. The van der Waals surface area contributed by atoms with Gasteiger partial charge in [-0.15, -0.1) is 0 Å². The smallest absolute Gasteiger partial charge is 0.303 e. The zero-order chi connectivity index (χ0) is 23.1. The summed E-state index contributed by atoms with van der Waals surface area (Å²) in [5.74, 6) is -1.88. The summed E-state index contributed by atoms with van der Waals surface area (Å²) in [6.45, 7) is 5.18. The topological polar surface area (TPSA) is 137 Å². The molecule has 1 fully saturated rings. The maximum absolute atomic E-state index is 11.8. The number of rotatable bonds is 7. The third-order valence-electron chi connectivity index (χ3n) is 4.25. The van der Waals surface area contributed by atoms with Crippen LogP contribution in [0, 0.1) is 6.92 Å². The summed E-state index contributed by atoms with van der Waals surface area (Å²) >= 11 is 7.38. The van der Waals surface area contributed by atoms with Crippen LogP contribution in [0.5, 0.6) is 0 Å². The van der Waals surface area contributed by atoms with Crippen molar-refractivity contribution in [3.05, 3.63) is 39.2 Å². The highest BCUT2D eigenvalue weighted by molar-refractivity contribution is 7.99. The number of ether oxygens (including phenoxy) is 4. The van der Waals surface area contributed by atoms with E-state index >= 15 is 0 Å². The SMILES string of the molecule is CC(=O)OCC1O[C@H](Sc2ccc(C)c(Cl)c2)C(OC(C)=O)C(N=[N+]=[N-])[C@H]1OC(C)=O. The summed E-state index contributed by atoms with van der Waals surface area (Å²) in [5, 5.41) is 4.25. The largest absolute Gasteiger partial charge is 0.463 e. The van der Waals surface area contributed by atoms with Gasteiger partial charge in [0.05, 0.1) is 0 Å². The Kier molecular flexibility index (Phi) is 9.00. The number of nitrogens with zero attached hydrogens (tertiary/aromatic N) is 3. The molecule has 0 amide bonds. The van der Waals surface area contributed by atoms with Crippen molar-refractivity contribution in [1.29, 1.82) is 0 Å². The van der Waals surface area contributed by atoms with E-state index in [0.29, 0.717) is 9.92 Å². The molecule has 0 saturated carbocycles. The van der Waals surface area contributed by atoms with Gasteiger partial charge in [0.15, 0.2) is 0 Å². The Morgan fingerprint density at radius 1 is 1.16 bits per heavy atom. The number of thioether (sulfide) groups is 1. The van der Waals surface area contributed by atoms with Gasteiger partial charge in [-0.1, -0.05) is 34.5 Å². The third-order valence-corrected chi connectivity index (χ3v) is 5.80. The Labute approximate surface area is 188 Å². The minimum Gasteiger partial charge on any atom is -0.463 e. The van der Waals surface area contributed by atoms with E-state index in [-0.39, 0.29) is 6.61 Å². The molecule has 31 heavy (non-hydrogen) atoms. The molecule has 0 radical (unpaired) electrons. The maximum atomic E-state index is 11.8. The van der Waals surface area contributed by atoms with Crippen LogP contribution in [-0.2, 0) is 33.3 Å². The van der Waals surface area contributed by atoms with Gasteiger partial charge in [0.2, 0.25) is 0 Å². The van der Waals surface area contributed by atoms with Crippen LogP contribution >= 0.6 is 23.4 Å². The molecule has 1 saturated heterocycles. The molecule has 0 aliphatic carbocycles. The molecule has 1 aliphatic heterocycles. The zero-order valence-corrected chi connectivity index (χ0v) is 18.9. The van der Waals surface area contributed by atoms with Gasteiger partial charge in [0, 0.05) is 35.6 Å². The fourth-order valence-electron chi connectivity index (χ4n) is 2.95. The van der Waals surface area contributed by atoms with Crippen LogP contribution in [0.1, 0.15) is 26.3 Å². The first-order valence-electron chi connectivity index (χ1n) is 9.22. The fourth-order valence-corrected chi connectivity index (χ4v) is 4.34.